The van der Waals surface area contributed by atoms with Crippen LogP contribution in [0.1, 0.15) is 13.8 Å². The molecule has 0 saturated heterocycles. The molecule has 34 heavy (non-hydrogen) atoms. The molecular weight excluding hydrogens is 631 g/mol. The van der Waals surface area contributed by atoms with E-state index in [2.05, 4.69) is 4.90 Å². The molecule has 3 rings (SSSR count). The van der Waals surface area contributed by atoms with Crippen LogP contribution in [0.5, 0.6) is 0 Å². The summed E-state index contributed by atoms with van der Waals surface area (Å²) in [6, 6.07) is 20.7. The zero-order valence-corrected chi connectivity index (χ0v) is 26.8. The van der Waals surface area contributed by atoms with Gasteiger partial charge in [0.15, 0.2) is 0 Å². The number of anilines is 3. The predicted molar refractivity (Wildman–Crippen MR) is 165 cm³/mol. The van der Waals surface area contributed by atoms with Gasteiger partial charge in [-0.25, -0.2) is 0 Å². The van der Waals surface area contributed by atoms with Crippen molar-refractivity contribution in [1.82, 2.24) is 0 Å². The first kappa shape index (κ1) is 29.0. The Balaban J connectivity index is 2.09. The van der Waals surface area contributed by atoms with Gasteiger partial charge in [0.1, 0.15) is 0 Å². The van der Waals surface area contributed by atoms with Crippen molar-refractivity contribution in [3.8, 4) is 0 Å². The molecule has 1 atom stereocenters. The highest BCUT2D eigenvalue weighted by atomic mass is 36.0. The Hall–Kier alpha value is 0.407. The van der Waals surface area contributed by atoms with E-state index in [9.17, 15) is 0 Å². The third-order valence-electron chi connectivity index (χ3n) is 5.41. The topological polar surface area (TPSA) is 3.24 Å². The van der Waals surface area contributed by atoms with E-state index in [1.807, 2.05) is 99.2 Å². The van der Waals surface area contributed by atoms with Crippen molar-refractivity contribution in [3.05, 3.63) is 72.8 Å². The first-order valence-corrected chi connectivity index (χ1v) is 22.0. The van der Waals surface area contributed by atoms with Gasteiger partial charge in [0, 0.05) is 26.9 Å². The van der Waals surface area contributed by atoms with Crippen molar-refractivity contribution in [1.29, 1.82) is 0 Å². The van der Waals surface area contributed by atoms with Crippen molar-refractivity contribution in [2.75, 3.05) is 17.4 Å². The van der Waals surface area contributed by atoms with Gasteiger partial charge in [0.2, 0.25) is 0 Å². The average molecular weight is 655 g/mol. The predicted octanol–water partition coefficient (Wildman–Crippen LogP) is 11.0. The minimum absolute atomic E-state index is 0.555. The summed E-state index contributed by atoms with van der Waals surface area (Å²) < 4.78 is -0.555. The second-order valence-corrected chi connectivity index (χ2v) is 28.9. The van der Waals surface area contributed by atoms with Crippen LogP contribution >= 0.6 is 94.6 Å². The molecule has 0 aliphatic heterocycles. The van der Waals surface area contributed by atoms with Gasteiger partial charge in [0.05, 0.1) is 4.21 Å². The van der Waals surface area contributed by atoms with Crippen LogP contribution in [0.4, 0.5) is 17.1 Å². The van der Waals surface area contributed by atoms with Crippen molar-refractivity contribution in [3.63, 3.8) is 0 Å². The molecule has 0 fully saturated rings. The summed E-state index contributed by atoms with van der Waals surface area (Å²) in [6.07, 6.45) is 3.83. The molecule has 0 N–H and O–H groups in total. The molecular formula is C23H24Cl7NS2Si. The SMILES string of the molecule is CC(C)(Cl)S(C)(Cl)c1ccc(N(c2ccc([Si](Cl)(Cl)Cl)cc2)c2ccc(S(C)(Cl)Cl)cc2)cc1. The Morgan fingerprint density at radius 2 is 1.00 bits per heavy atom. The smallest absolute Gasteiger partial charge is 0.311 e. The molecule has 186 valence electrons. The summed E-state index contributed by atoms with van der Waals surface area (Å²) >= 11 is 25.2. The van der Waals surface area contributed by atoms with Gasteiger partial charge in [-0.2, -0.15) is 0 Å². The van der Waals surface area contributed by atoms with Crippen molar-refractivity contribution >= 4 is 123 Å². The molecule has 0 aromatic heterocycles. The standard InChI is InChI=1S/C23H24Cl7NS2Si/c1-23(2,24)32(3,25)20-11-5-17(6-12-20)31(18-7-13-21(14-8-18)33(4,26)27)19-9-15-22(16-10-19)34(28,29)30/h5-16H,1-4H3. The summed E-state index contributed by atoms with van der Waals surface area (Å²) in [5.74, 6) is 0. The van der Waals surface area contributed by atoms with Gasteiger partial charge in [-0.1, -0.05) is 31.3 Å². The van der Waals surface area contributed by atoms with Crippen LogP contribution < -0.4 is 10.1 Å². The molecule has 3 aromatic carbocycles. The maximum atomic E-state index is 6.91. The van der Waals surface area contributed by atoms with E-state index in [1.165, 1.54) is 0 Å². The van der Waals surface area contributed by atoms with Gasteiger partial charge in [-0.15, -0.1) is 54.1 Å². The van der Waals surface area contributed by atoms with Crippen LogP contribution in [-0.2, 0) is 0 Å². The highest BCUT2D eigenvalue weighted by Crippen LogP contribution is 2.68. The molecule has 11 heteroatoms. The summed E-state index contributed by atoms with van der Waals surface area (Å²) in [4.78, 5) is 4.01. The summed E-state index contributed by atoms with van der Waals surface area (Å²) in [5.41, 5.74) is 2.80. The number of alkyl halides is 1. The van der Waals surface area contributed by atoms with E-state index in [0.717, 1.165) is 32.0 Å². The average Bonchev–Trinajstić information content (AvgIpc) is 2.73. The second-order valence-electron chi connectivity index (χ2n) is 8.28. The number of hydrogen-bond acceptors (Lipinski definition) is 1. The molecule has 3 aromatic rings. The first-order chi connectivity index (χ1) is 15.5. The van der Waals surface area contributed by atoms with Crippen molar-refractivity contribution in [2.24, 2.45) is 0 Å². The van der Waals surface area contributed by atoms with E-state index in [0.29, 0.717) is 0 Å². The molecule has 0 saturated carbocycles. The maximum absolute atomic E-state index is 6.91. The van der Waals surface area contributed by atoms with E-state index in [4.69, 9.17) is 76.9 Å². The molecule has 0 aliphatic carbocycles. The fourth-order valence-electron chi connectivity index (χ4n) is 3.21. The number of rotatable bonds is 7. The number of nitrogens with zero attached hydrogens (tertiary/aromatic N) is 1. The third kappa shape index (κ3) is 6.64. The number of hydrogen-bond donors (Lipinski definition) is 0. The van der Waals surface area contributed by atoms with Crippen LogP contribution in [0.25, 0.3) is 0 Å². The lowest BCUT2D eigenvalue weighted by atomic mass is 10.2. The highest BCUT2D eigenvalue weighted by molar-refractivity contribution is 8.65. The fourth-order valence-corrected chi connectivity index (χ4v) is 7.91. The summed E-state index contributed by atoms with van der Waals surface area (Å²) in [7, 11) is 16.0. The lowest BCUT2D eigenvalue weighted by molar-refractivity contribution is 0.994. The van der Waals surface area contributed by atoms with E-state index in [-0.39, 0.29) is 0 Å². The zero-order valence-electron chi connectivity index (χ0n) is 18.8. The zero-order chi connectivity index (χ0) is 25.5. The molecule has 0 radical (unpaired) electrons. The third-order valence-corrected chi connectivity index (χ3v) is 16.4. The van der Waals surface area contributed by atoms with Crippen LogP contribution in [0.15, 0.2) is 82.6 Å². The van der Waals surface area contributed by atoms with Gasteiger partial charge in [0.25, 0.3) is 0 Å². The molecule has 0 spiro atoms. The Labute approximate surface area is 238 Å². The fraction of sp³-hybridized carbons (Fsp3) is 0.217. The normalized spacial score (nSPS) is 16.0. The van der Waals surface area contributed by atoms with E-state index in [1.54, 1.807) is 0 Å². The Morgan fingerprint density at radius 1 is 0.647 bits per heavy atom. The molecule has 0 bridgehead atoms. The molecule has 0 amide bonds. The van der Waals surface area contributed by atoms with Crippen LogP contribution in [0, 0.1) is 0 Å². The van der Waals surface area contributed by atoms with Gasteiger partial charge < -0.3 is 4.90 Å². The number of benzene rings is 3. The minimum atomic E-state index is -2.98. The number of halogens is 7. The monoisotopic (exact) mass is 651 g/mol. The minimum Gasteiger partial charge on any atom is -0.311 e. The summed E-state index contributed by atoms with van der Waals surface area (Å²) in [5, 5.41) is 0.724. The maximum Gasteiger partial charge on any atom is 0.372 e. The molecule has 0 heterocycles. The van der Waals surface area contributed by atoms with Gasteiger partial charge >= 0.3 is 6.00 Å². The van der Waals surface area contributed by atoms with Crippen LogP contribution in [0.3, 0.4) is 0 Å². The largest absolute Gasteiger partial charge is 0.372 e. The van der Waals surface area contributed by atoms with Crippen molar-refractivity contribution < 1.29 is 0 Å². The van der Waals surface area contributed by atoms with Crippen LogP contribution in [-0.4, -0.2) is 22.7 Å². The summed E-state index contributed by atoms with van der Waals surface area (Å²) in [6.45, 7) is 3.88. The van der Waals surface area contributed by atoms with Crippen molar-refractivity contribution in [2.45, 2.75) is 27.8 Å². The lowest BCUT2D eigenvalue weighted by Gasteiger charge is -2.39. The lowest BCUT2D eigenvalue weighted by Crippen LogP contribution is -2.29. The molecule has 0 aliphatic rings. The van der Waals surface area contributed by atoms with E-state index >= 15 is 0 Å². The highest BCUT2D eigenvalue weighted by Gasteiger charge is 2.34. The van der Waals surface area contributed by atoms with E-state index < -0.39 is 27.9 Å². The van der Waals surface area contributed by atoms with Gasteiger partial charge in [-0.05, 0) is 114 Å². The molecule has 1 nitrogen and oxygen atoms in total. The molecule has 1 unspecified atom stereocenters. The second kappa shape index (κ2) is 10.6. The van der Waals surface area contributed by atoms with Crippen LogP contribution in [0.2, 0.25) is 0 Å². The first-order valence-electron chi connectivity index (χ1n) is 10.0. The quantitative estimate of drug-likeness (QED) is 0.139. The Kier molecular flexibility index (Phi) is 9.07. The Bertz CT molecular complexity index is 1060. The Morgan fingerprint density at radius 3 is 1.32 bits per heavy atom. The van der Waals surface area contributed by atoms with Gasteiger partial charge in [-0.3, -0.25) is 0 Å².